The molecule has 5 nitrogen and oxygen atoms in total. The number of halogens is 1. The van der Waals surface area contributed by atoms with Crippen LogP contribution in [0.5, 0.6) is 0 Å². The fourth-order valence-corrected chi connectivity index (χ4v) is 3.57. The van der Waals surface area contributed by atoms with Crippen molar-refractivity contribution >= 4 is 50.4 Å². The minimum atomic E-state index is -0.786. The number of aryl methyl sites for hydroxylation is 1. The lowest BCUT2D eigenvalue weighted by atomic mass is 10.1. The highest BCUT2D eigenvalue weighted by Gasteiger charge is 2.31. The summed E-state index contributed by atoms with van der Waals surface area (Å²) in [6, 6.07) is 3.00. The summed E-state index contributed by atoms with van der Waals surface area (Å²) in [6.45, 7) is 7.31. The van der Waals surface area contributed by atoms with Crippen molar-refractivity contribution in [3.63, 3.8) is 0 Å². The predicted molar refractivity (Wildman–Crippen MR) is 105 cm³/mol. The highest BCUT2D eigenvalue weighted by Crippen LogP contribution is 2.32. The van der Waals surface area contributed by atoms with Gasteiger partial charge in [-0.05, 0) is 44.4 Å². The Bertz CT molecular complexity index is 663. The molecule has 0 radical (unpaired) electrons. The lowest BCUT2D eigenvalue weighted by Crippen LogP contribution is -2.45. The van der Waals surface area contributed by atoms with E-state index in [1.807, 2.05) is 32.9 Å². The van der Waals surface area contributed by atoms with Gasteiger partial charge in [0.05, 0.1) is 18.6 Å². The van der Waals surface area contributed by atoms with Gasteiger partial charge in [-0.2, -0.15) is 0 Å². The summed E-state index contributed by atoms with van der Waals surface area (Å²) >= 11 is 4.46. The van der Waals surface area contributed by atoms with Crippen LogP contribution in [0, 0.1) is 13.8 Å². The van der Waals surface area contributed by atoms with Crippen molar-refractivity contribution in [1.29, 1.82) is 0 Å². The average Bonchev–Trinajstić information content (AvgIpc) is 2.59. The number of benzene rings is 1. The van der Waals surface area contributed by atoms with E-state index in [1.54, 1.807) is 6.92 Å². The Morgan fingerprint density at radius 1 is 1.28 bits per heavy atom. The van der Waals surface area contributed by atoms with Crippen molar-refractivity contribution in [2.24, 2.45) is 0 Å². The topological polar surface area (TPSA) is 63.7 Å². The summed E-state index contributed by atoms with van der Waals surface area (Å²) in [5, 5.41) is -0.0239. The molecule has 0 saturated carbocycles. The molecule has 0 saturated heterocycles. The number of hydrogen-bond acceptors (Lipinski definition) is 5. The first-order valence-electron chi connectivity index (χ1n) is 8.05. The third kappa shape index (κ3) is 5.57. The summed E-state index contributed by atoms with van der Waals surface area (Å²) in [7, 11) is 1.29. The molecule has 25 heavy (non-hydrogen) atoms. The predicted octanol–water partition coefficient (Wildman–Crippen LogP) is 4.02. The molecule has 0 unspecified atom stereocenters. The van der Waals surface area contributed by atoms with Gasteiger partial charge in [0.2, 0.25) is 5.91 Å². The van der Waals surface area contributed by atoms with E-state index >= 15 is 0 Å². The molecule has 0 fully saturated rings. The maximum absolute atomic E-state index is 12.9. The summed E-state index contributed by atoms with van der Waals surface area (Å²) in [5.74, 6) is -0.806. The maximum atomic E-state index is 12.9. The van der Waals surface area contributed by atoms with Gasteiger partial charge in [0.15, 0.2) is 5.12 Å². The van der Waals surface area contributed by atoms with Crippen molar-refractivity contribution in [2.75, 3.05) is 17.8 Å². The zero-order chi connectivity index (χ0) is 19.1. The number of carbonyl (C=O) groups excluding carboxylic acids is 3. The second-order valence-corrected chi connectivity index (χ2v) is 7.60. The first kappa shape index (κ1) is 21.7. The van der Waals surface area contributed by atoms with E-state index in [0.29, 0.717) is 12.1 Å². The van der Waals surface area contributed by atoms with E-state index in [4.69, 9.17) is 4.74 Å². The van der Waals surface area contributed by atoms with Gasteiger partial charge >= 0.3 is 5.97 Å². The van der Waals surface area contributed by atoms with Crippen LogP contribution >= 0.6 is 27.7 Å². The number of nitrogens with zero attached hydrogens (tertiary/aromatic N) is 1. The van der Waals surface area contributed by atoms with Crippen LogP contribution in [0.2, 0.25) is 0 Å². The van der Waals surface area contributed by atoms with Crippen molar-refractivity contribution in [3.8, 4) is 0 Å². The quantitative estimate of drug-likeness (QED) is 0.612. The van der Waals surface area contributed by atoms with Crippen LogP contribution in [0.15, 0.2) is 16.6 Å². The standard InChI is InChI=1S/C18H24BrNO4S/c1-6-7-16(22)25-10-15(21)20(13(4)18(23)24-5)17-11(2)8-9-14(19)12(17)3/h8-9,13H,6-7,10H2,1-5H3/t13-/m0/s1. The van der Waals surface area contributed by atoms with E-state index in [2.05, 4.69) is 15.9 Å². The van der Waals surface area contributed by atoms with Crippen LogP contribution in [-0.2, 0) is 19.1 Å². The molecule has 1 atom stereocenters. The van der Waals surface area contributed by atoms with Gasteiger partial charge in [0.1, 0.15) is 6.04 Å². The van der Waals surface area contributed by atoms with Crippen LogP contribution in [0.1, 0.15) is 37.8 Å². The molecule has 0 bridgehead atoms. The second kappa shape index (κ2) is 9.97. The third-order valence-corrected chi connectivity index (χ3v) is 5.59. The van der Waals surface area contributed by atoms with Gasteiger partial charge in [-0.3, -0.25) is 14.5 Å². The smallest absolute Gasteiger partial charge is 0.328 e. The molecule has 0 aliphatic carbocycles. The first-order chi connectivity index (χ1) is 11.7. The van der Waals surface area contributed by atoms with Crippen molar-refractivity contribution < 1.29 is 19.1 Å². The maximum Gasteiger partial charge on any atom is 0.328 e. The summed E-state index contributed by atoms with van der Waals surface area (Å²) < 4.78 is 5.67. The summed E-state index contributed by atoms with van der Waals surface area (Å²) in [4.78, 5) is 38.1. The number of amides is 1. The number of thioether (sulfide) groups is 1. The Morgan fingerprint density at radius 3 is 2.48 bits per heavy atom. The monoisotopic (exact) mass is 429 g/mol. The minimum absolute atomic E-state index is 0.00837. The van der Waals surface area contributed by atoms with Gasteiger partial charge in [-0.25, -0.2) is 4.79 Å². The Morgan fingerprint density at radius 2 is 1.92 bits per heavy atom. The molecule has 1 rings (SSSR count). The molecule has 0 aromatic heterocycles. The SMILES string of the molecule is CCCC(=O)SCC(=O)N(c1c(C)ccc(Br)c1C)[C@@H](C)C(=O)OC. The normalized spacial score (nSPS) is 11.8. The Labute approximate surface area is 161 Å². The molecule has 0 heterocycles. The fourth-order valence-electron chi connectivity index (χ4n) is 2.48. The largest absolute Gasteiger partial charge is 0.467 e. The van der Waals surface area contributed by atoms with E-state index in [0.717, 1.165) is 33.8 Å². The Kier molecular flexibility index (Phi) is 8.65. The van der Waals surface area contributed by atoms with Crippen molar-refractivity contribution in [1.82, 2.24) is 0 Å². The van der Waals surface area contributed by atoms with Gasteiger partial charge in [0.25, 0.3) is 0 Å². The number of rotatable bonds is 7. The Balaban J connectivity index is 3.23. The number of esters is 1. The van der Waals surface area contributed by atoms with E-state index in [1.165, 1.54) is 12.0 Å². The van der Waals surface area contributed by atoms with Crippen LogP contribution in [-0.4, -0.2) is 35.9 Å². The molecule has 1 aromatic carbocycles. The summed E-state index contributed by atoms with van der Waals surface area (Å²) in [5.41, 5.74) is 2.39. The minimum Gasteiger partial charge on any atom is -0.467 e. The molecular formula is C18H24BrNO4S. The number of ether oxygens (including phenoxy) is 1. The average molecular weight is 430 g/mol. The van der Waals surface area contributed by atoms with Crippen molar-refractivity contribution in [3.05, 3.63) is 27.7 Å². The molecule has 7 heteroatoms. The highest BCUT2D eigenvalue weighted by atomic mass is 79.9. The fraction of sp³-hybridized carbons (Fsp3) is 0.500. The Hall–Kier alpha value is -1.34. The van der Waals surface area contributed by atoms with E-state index in [-0.39, 0.29) is 16.8 Å². The molecule has 0 aliphatic heterocycles. The lowest BCUT2D eigenvalue weighted by molar-refractivity contribution is -0.142. The zero-order valence-electron chi connectivity index (χ0n) is 15.2. The molecule has 1 amide bonds. The second-order valence-electron chi connectivity index (χ2n) is 5.71. The molecule has 138 valence electrons. The van der Waals surface area contributed by atoms with E-state index < -0.39 is 12.0 Å². The summed E-state index contributed by atoms with van der Waals surface area (Å²) in [6.07, 6.45) is 1.17. The molecule has 1 aromatic rings. The zero-order valence-corrected chi connectivity index (χ0v) is 17.6. The molecule has 0 spiro atoms. The van der Waals surface area contributed by atoms with Crippen LogP contribution < -0.4 is 4.90 Å². The van der Waals surface area contributed by atoms with Gasteiger partial charge in [-0.15, -0.1) is 0 Å². The third-order valence-electron chi connectivity index (χ3n) is 3.82. The first-order valence-corrected chi connectivity index (χ1v) is 9.83. The van der Waals surface area contributed by atoms with E-state index in [9.17, 15) is 14.4 Å². The molecule has 0 N–H and O–H groups in total. The number of hydrogen-bond donors (Lipinski definition) is 0. The lowest BCUT2D eigenvalue weighted by Gasteiger charge is -2.30. The number of carbonyl (C=O) groups is 3. The van der Waals surface area contributed by atoms with Gasteiger partial charge < -0.3 is 4.74 Å². The molecular weight excluding hydrogens is 406 g/mol. The highest BCUT2D eigenvalue weighted by molar-refractivity contribution is 9.10. The number of methoxy groups -OCH3 is 1. The van der Waals surface area contributed by atoms with Crippen LogP contribution in [0.4, 0.5) is 5.69 Å². The van der Waals surface area contributed by atoms with Crippen LogP contribution in [0.3, 0.4) is 0 Å². The van der Waals surface area contributed by atoms with Gasteiger partial charge in [0, 0.05) is 10.9 Å². The van der Waals surface area contributed by atoms with Crippen molar-refractivity contribution in [2.45, 2.75) is 46.6 Å². The molecule has 0 aliphatic rings. The van der Waals surface area contributed by atoms with Gasteiger partial charge in [-0.1, -0.05) is 40.7 Å². The number of anilines is 1. The van der Waals surface area contributed by atoms with Crippen LogP contribution in [0.25, 0.3) is 0 Å².